The molecule has 0 spiro atoms. The Balaban J connectivity index is 2.20. The average molecular weight is 364 g/mol. The van der Waals surface area contributed by atoms with E-state index in [1.807, 2.05) is 19.6 Å². The summed E-state index contributed by atoms with van der Waals surface area (Å²) >= 11 is 0. The van der Waals surface area contributed by atoms with Gasteiger partial charge in [-0.2, -0.15) is 0 Å². The average Bonchev–Trinajstić information content (AvgIpc) is 2.56. The van der Waals surface area contributed by atoms with Gasteiger partial charge in [-0.15, -0.1) is 0 Å². The van der Waals surface area contributed by atoms with Gasteiger partial charge in [0.05, 0.1) is 20.9 Å². The van der Waals surface area contributed by atoms with Gasteiger partial charge in [0.25, 0.3) is 0 Å². The van der Waals surface area contributed by atoms with E-state index in [-0.39, 0.29) is 5.69 Å². The van der Waals surface area contributed by atoms with E-state index in [0.29, 0.717) is 16.5 Å². The molecule has 1 amide bonds. The fraction of sp³-hybridized carbons (Fsp3) is 0.278. The summed E-state index contributed by atoms with van der Waals surface area (Å²) in [4.78, 5) is 12.3. The van der Waals surface area contributed by atoms with Crippen molar-refractivity contribution in [1.29, 1.82) is 0 Å². The number of nitrogens with two attached hydrogens (primary N) is 1. The molecule has 0 radical (unpaired) electrons. The molecule has 2 aromatic rings. The Morgan fingerprint density at radius 1 is 1.12 bits per heavy atom. The summed E-state index contributed by atoms with van der Waals surface area (Å²) < 4.78 is 33.6. The molecule has 0 fully saturated rings. The van der Waals surface area contributed by atoms with Crippen LogP contribution in [0.15, 0.2) is 36.4 Å². The van der Waals surface area contributed by atoms with Crippen molar-refractivity contribution in [3.8, 4) is 5.75 Å². The van der Waals surface area contributed by atoms with Crippen LogP contribution >= 0.6 is 0 Å². The third-order valence-electron chi connectivity index (χ3n) is 3.88. The van der Waals surface area contributed by atoms with Gasteiger partial charge in [0.15, 0.2) is 0 Å². The monoisotopic (exact) mass is 364 g/mol. The van der Waals surface area contributed by atoms with Gasteiger partial charge in [-0.05, 0) is 28.9 Å². The molecule has 0 saturated heterocycles. The number of hydrogen-bond acceptors (Lipinski definition) is 3. The molecule has 0 saturated carbocycles. The predicted molar refractivity (Wildman–Crippen MR) is 97.9 cm³/mol. The number of amides is 1. The summed E-state index contributed by atoms with van der Waals surface area (Å²) in [6, 6.07) is 7.81. The summed E-state index contributed by atoms with van der Waals surface area (Å²) in [6.07, 6.45) is 0. The summed E-state index contributed by atoms with van der Waals surface area (Å²) in [6.45, 7) is 5.76. The maximum absolute atomic E-state index is 14.3. The first-order valence-corrected chi connectivity index (χ1v) is 11.3. The smallest absolute Gasteiger partial charge is 0.245 e. The van der Waals surface area contributed by atoms with E-state index in [1.54, 1.807) is 24.3 Å². The van der Waals surface area contributed by atoms with Crippen molar-refractivity contribution in [2.45, 2.75) is 25.7 Å². The van der Waals surface area contributed by atoms with Crippen LogP contribution in [0.5, 0.6) is 5.75 Å². The highest BCUT2D eigenvalue weighted by Crippen LogP contribution is 2.21. The number of halogens is 2. The maximum Gasteiger partial charge on any atom is 0.245 e. The van der Waals surface area contributed by atoms with Gasteiger partial charge in [-0.25, -0.2) is 8.78 Å². The lowest BCUT2D eigenvalue weighted by atomic mass is 10.1. The lowest BCUT2D eigenvalue weighted by Crippen LogP contribution is -2.40. The van der Waals surface area contributed by atoms with Gasteiger partial charge < -0.3 is 15.8 Å². The van der Waals surface area contributed by atoms with E-state index in [9.17, 15) is 13.6 Å². The maximum atomic E-state index is 14.3. The van der Waals surface area contributed by atoms with E-state index in [0.717, 1.165) is 12.1 Å². The molecule has 1 atom stereocenters. The van der Waals surface area contributed by atoms with E-state index < -0.39 is 31.7 Å². The number of anilines is 1. The van der Waals surface area contributed by atoms with Crippen LogP contribution in [-0.4, -0.2) is 21.1 Å². The highest BCUT2D eigenvalue weighted by molar-refractivity contribution is 6.88. The van der Waals surface area contributed by atoms with Crippen LogP contribution < -0.4 is 21.0 Å². The summed E-state index contributed by atoms with van der Waals surface area (Å²) in [5, 5.41) is 2.74. The molecule has 134 valence electrons. The van der Waals surface area contributed by atoms with Gasteiger partial charge in [-0.3, -0.25) is 4.79 Å². The molecule has 1 unspecified atom stereocenters. The Hall–Kier alpha value is -2.25. The van der Waals surface area contributed by atoms with Crippen LogP contribution in [0, 0.1) is 11.6 Å². The first kappa shape index (κ1) is 19.1. The van der Waals surface area contributed by atoms with Crippen molar-refractivity contribution in [2.24, 2.45) is 5.73 Å². The van der Waals surface area contributed by atoms with Crippen molar-refractivity contribution >= 4 is 24.9 Å². The molecule has 0 aliphatic carbocycles. The Morgan fingerprint density at radius 2 is 1.72 bits per heavy atom. The van der Waals surface area contributed by atoms with Gasteiger partial charge in [-0.1, -0.05) is 31.8 Å². The van der Waals surface area contributed by atoms with Crippen molar-refractivity contribution < 1.29 is 18.3 Å². The van der Waals surface area contributed by atoms with Crippen LogP contribution in [0.1, 0.15) is 11.6 Å². The highest BCUT2D eigenvalue weighted by Gasteiger charge is 2.24. The molecule has 0 aromatic heterocycles. The summed E-state index contributed by atoms with van der Waals surface area (Å²) in [5.41, 5.74) is 6.23. The minimum atomic E-state index is -2.02. The van der Waals surface area contributed by atoms with Gasteiger partial charge in [0, 0.05) is 6.07 Å². The third-order valence-corrected chi connectivity index (χ3v) is 5.88. The minimum absolute atomic E-state index is 0.214. The zero-order valence-electron chi connectivity index (χ0n) is 14.7. The second-order valence-corrected chi connectivity index (χ2v) is 11.8. The van der Waals surface area contributed by atoms with E-state index in [4.69, 9.17) is 10.5 Å². The number of benzene rings is 2. The number of nitrogens with one attached hydrogen (secondary N) is 1. The molecule has 0 aliphatic rings. The lowest BCUT2D eigenvalue weighted by Gasteiger charge is -2.19. The van der Waals surface area contributed by atoms with Gasteiger partial charge in [0.2, 0.25) is 5.91 Å². The molecular weight excluding hydrogens is 342 g/mol. The van der Waals surface area contributed by atoms with Crippen molar-refractivity contribution in [2.75, 3.05) is 12.4 Å². The molecule has 7 heteroatoms. The predicted octanol–water partition coefficient (Wildman–Crippen LogP) is 3.16. The standard InChI is InChI=1S/C18H22F2N2O2Si/c1-24-12-7-5-11(6-8-12)17(21)18(23)22-15-9-14(20)16(10-13(15)19)25(2,3)4/h5-10,17H,21H2,1-4H3,(H,22,23). The van der Waals surface area contributed by atoms with Crippen LogP contribution in [0.3, 0.4) is 0 Å². The van der Waals surface area contributed by atoms with E-state index in [2.05, 4.69) is 5.32 Å². The zero-order valence-corrected chi connectivity index (χ0v) is 15.7. The molecular formula is C18H22F2N2O2Si. The largest absolute Gasteiger partial charge is 0.497 e. The number of hydrogen-bond donors (Lipinski definition) is 2. The third kappa shape index (κ3) is 4.43. The van der Waals surface area contributed by atoms with Crippen molar-refractivity contribution in [3.05, 3.63) is 53.6 Å². The Kier molecular flexibility index (Phi) is 5.59. The number of rotatable bonds is 5. The van der Waals surface area contributed by atoms with Gasteiger partial charge in [0.1, 0.15) is 23.4 Å². The molecule has 25 heavy (non-hydrogen) atoms. The van der Waals surface area contributed by atoms with Gasteiger partial charge >= 0.3 is 0 Å². The molecule has 0 bridgehead atoms. The van der Waals surface area contributed by atoms with E-state index >= 15 is 0 Å². The number of carbonyl (C=O) groups excluding carboxylic acids is 1. The number of methoxy groups -OCH3 is 1. The number of carbonyl (C=O) groups is 1. The molecule has 0 heterocycles. The molecule has 2 rings (SSSR count). The van der Waals surface area contributed by atoms with Crippen LogP contribution in [0.4, 0.5) is 14.5 Å². The first-order chi connectivity index (χ1) is 11.6. The Morgan fingerprint density at radius 3 is 2.24 bits per heavy atom. The second-order valence-electron chi connectivity index (χ2n) is 6.80. The zero-order chi connectivity index (χ0) is 18.8. The quantitative estimate of drug-likeness (QED) is 0.801. The Labute approximate surface area is 147 Å². The van der Waals surface area contributed by atoms with Crippen LogP contribution in [0.25, 0.3) is 0 Å². The lowest BCUT2D eigenvalue weighted by molar-refractivity contribution is -0.117. The number of ether oxygens (including phenoxy) is 1. The van der Waals surface area contributed by atoms with Crippen LogP contribution in [0.2, 0.25) is 19.6 Å². The normalized spacial score (nSPS) is 12.6. The second kappa shape index (κ2) is 7.33. The molecule has 3 N–H and O–H groups in total. The fourth-order valence-electron chi connectivity index (χ4n) is 2.39. The van der Waals surface area contributed by atoms with Crippen molar-refractivity contribution in [3.63, 3.8) is 0 Å². The highest BCUT2D eigenvalue weighted by atomic mass is 28.3. The Bertz CT molecular complexity index is 774. The SMILES string of the molecule is COc1ccc(C(N)C(=O)Nc2cc(F)c([Si](C)(C)C)cc2F)cc1. The minimum Gasteiger partial charge on any atom is -0.497 e. The molecule has 0 aliphatic heterocycles. The van der Waals surface area contributed by atoms with Crippen LogP contribution in [-0.2, 0) is 4.79 Å². The summed E-state index contributed by atoms with van der Waals surface area (Å²) in [7, 11) is -0.489. The van der Waals surface area contributed by atoms with E-state index in [1.165, 1.54) is 7.11 Å². The fourth-order valence-corrected chi connectivity index (χ4v) is 3.74. The topological polar surface area (TPSA) is 64.3 Å². The van der Waals surface area contributed by atoms with Crippen molar-refractivity contribution in [1.82, 2.24) is 0 Å². The first-order valence-electron chi connectivity index (χ1n) is 7.83. The summed E-state index contributed by atoms with van der Waals surface area (Å²) in [5.74, 6) is -1.18. The molecule has 2 aromatic carbocycles. The molecule has 4 nitrogen and oxygen atoms in total.